The number of aliphatic imine (C=N–C) groups is 1. The van der Waals surface area contributed by atoms with Gasteiger partial charge < -0.3 is 15.4 Å². The van der Waals surface area contributed by atoms with Crippen molar-refractivity contribution in [2.75, 3.05) is 31.1 Å². The summed E-state index contributed by atoms with van der Waals surface area (Å²) in [4.78, 5) is 32.8. The molecular weight excluding hydrogens is 380 g/mol. The zero-order chi connectivity index (χ0) is 20.9. The third-order valence-electron chi connectivity index (χ3n) is 5.58. The van der Waals surface area contributed by atoms with Crippen LogP contribution in [0.2, 0.25) is 0 Å². The average Bonchev–Trinajstić information content (AvgIpc) is 3.26. The van der Waals surface area contributed by atoms with E-state index in [2.05, 4.69) is 9.89 Å². The van der Waals surface area contributed by atoms with E-state index in [0.717, 1.165) is 42.7 Å². The highest BCUT2D eigenvalue weighted by Crippen LogP contribution is 2.28. The molecule has 2 aromatic rings. The molecule has 0 spiro atoms. The van der Waals surface area contributed by atoms with E-state index in [-0.39, 0.29) is 12.5 Å². The molecule has 2 atom stereocenters. The minimum atomic E-state index is -1.03. The number of nitrogens with two attached hydrogens (primary N) is 1. The summed E-state index contributed by atoms with van der Waals surface area (Å²) >= 11 is 0. The van der Waals surface area contributed by atoms with Gasteiger partial charge in [-0.05, 0) is 32.0 Å². The summed E-state index contributed by atoms with van der Waals surface area (Å²) in [5.74, 6) is -0.311. The molecule has 0 aromatic heterocycles. The van der Waals surface area contributed by atoms with Crippen LogP contribution in [0.5, 0.6) is 0 Å². The molecule has 2 N–H and O–H groups in total. The molecule has 7 nitrogen and oxygen atoms in total. The quantitative estimate of drug-likeness (QED) is 0.709. The van der Waals surface area contributed by atoms with Gasteiger partial charge in [0.15, 0.2) is 6.17 Å². The number of ether oxygens (including phenoxy) is 1. The summed E-state index contributed by atoms with van der Waals surface area (Å²) in [6, 6.07) is 17.3. The van der Waals surface area contributed by atoms with Crippen LogP contribution in [0.1, 0.15) is 24.0 Å². The van der Waals surface area contributed by atoms with Crippen LogP contribution >= 0.6 is 0 Å². The second kappa shape index (κ2) is 9.19. The first-order valence-electron chi connectivity index (χ1n) is 10.3. The van der Waals surface area contributed by atoms with E-state index in [0.29, 0.717) is 18.7 Å². The van der Waals surface area contributed by atoms with Crippen molar-refractivity contribution in [2.45, 2.75) is 25.1 Å². The maximum atomic E-state index is 13.2. The third kappa shape index (κ3) is 4.27. The molecule has 0 radical (unpaired) electrons. The topological polar surface area (TPSA) is 88.2 Å². The fraction of sp³-hybridized carbons (Fsp3) is 0.348. The number of benzodiazepines with no additional fused rings is 1. The van der Waals surface area contributed by atoms with Crippen LogP contribution < -0.4 is 10.6 Å². The first-order chi connectivity index (χ1) is 14.7. The van der Waals surface area contributed by atoms with E-state index in [1.54, 1.807) is 4.90 Å². The molecule has 1 fully saturated rings. The van der Waals surface area contributed by atoms with Crippen molar-refractivity contribution >= 4 is 23.8 Å². The number of likely N-dealkylation sites (tertiary alicyclic amines) is 1. The van der Waals surface area contributed by atoms with Crippen molar-refractivity contribution < 1.29 is 14.3 Å². The van der Waals surface area contributed by atoms with Gasteiger partial charge in [0, 0.05) is 17.7 Å². The second-order valence-corrected chi connectivity index (χ2v) is 7.62. The number of rotatable bonds is 7. The molecule has 2 aliphatic rings. The molecule has 2 unspecified atom stereocenters. The molecular formula is C23H26N4O3. The minimum absolute atomic E-state index is 0.233. The Hall–Kier alpha value is -3.03. The molecule has 2 heterocycles. The van der Waals surface area contributed by atoms with Crippen LogP contribution in [0.3, 0.4) is 0 Å². The number of hydrogen-bond acceptors (Lipinski definition) is 6. The molecule has 7 heteroatoms. The standard InChI is InChI=1S/C23H26N4O3/c24-22-23(29)27(15-18(30-16-28)14-26-12-6-7-13-26)20-11-5-4-10-19(20)21(25-22)17-8-2-1-3-9-17/h1-5,8-11,16,18,22H,6-7,12-15,24H2. The van der Waals surface area contributed by atoms with Crippen molar-refractivity contribution in [3.8, 4) is 0 Å². The molecule has 1 amide bonds. The maximum absolute atomic E-state index is 13.2. The SMILES string of the molecule is NC1N=C(c2ccccc2)c2ccccc2N(CC(CN2CCCC2)OC=O)C1=O. The largest absolute Gasteiger partial charge is 0.461 e. The van der Waals surface area contributed by atoms with Gasteiger partial charge in [0.05, 0.1) is 17.9 Å². The molecule has 2 aliphatic heterocycles. The predicted octanol–water partition coefficient (Wildman–Crippen LogP) is 1.79. The summed E-state index contributed by atoms with van der Waals surface area (Å²) in [5, 5.41) is 0. The molecule has 30 heavy (non-hydrogen) atoms. The Balaban J connectivity index is 1.68. The van der Waals surface area contributed by atoms with Crippen molar-refractivity contribution in [1.29, 1.82) is 0 Å². The van der Waals surface area contributed by atoms with Crippen molar-refractivity contribution in [1.82, 2.24) is 4.90 Å². The monoisotopic (exact) mass is 406 g/mol. The minimum Gasteiger partial charge on any atom is -0.461 e. The zero-order valence-corrected chi connectivity index (χ0v) is 16.8. The summed E-state index contributed by atoms with van der Waals surface area (Å²) in [7, 11) is 0. The third-order valence-corrected chi connectivity index (χ3v) is 5.58. The van der Waals surface area contributed by atoms with E-state index in [1.165, 1.54) is 0 Å². The Labute approximate surface area is 176 Å². The molecule has 0 saturated carbocycles. The number of anilines is 1. The summed E-state index contributed by atoms with van der Waals surface area (Å²) in [5.41, 5.74) is 9.32. The lowest BCUT2D eigenvalue weighted by Gasteiger charge is -2.30. The molecule has 0 aliphatic carbocycles. The van der Waals surface area contributed by atoms with Crippen LogP contribution in [-0.2, 0) is 14.3 Å². The Morgan fingerprint density at radius 2 is 1.77 bits per heavy atom. The zero-order valence-electron chi connectivity index (χ0n) is 16.8. The van der Waals surface area contributed by atoms with E-state index in [9.17, 15) is 9.59 Å². The summed E-state index contributed by atoms with van der Waals surface area (Å²) in [6.07, 6.45) is 0.802. The maximum Gasteiger partial charge on any atom is 0.293 e. The number of carbonyl (C=O) groups excluding carboxylic acids is 2. The number of hydrogen-bond donors (Lipinski definition) is 1. The molecule has 156 valence electrons. The Morgan fingerprint density at radius 3 is 2.50 bits per heavy atom. The van der Waals surface area contributed by atoms with Gasteiger partial charge in [-0.3, -0.25) is 19.5 Å². The van der Waals surface area contributed by atoms with Crippen LogP contribution in [0.15, 0.2) is 59.6 Å². The lowest BCUT2D eigenvalue weighted by Crippen LogP contribution is -2.48. The van der Waals surface area contributed by atoms with Crippen molar-refractivity contribution in [2.24, 2.45) is 10.7 Å². The highest BCUT2D eigenvalue weighted by Gasteiger charge is 2.32. The Bertz CT molecular complexity index is 925. The fourth-order valence-corrected chi connectivity index (χ4v) is 4.15. The number of carbonyl (C=O) groups is 2. The van der Waals surface area contributed by atoms with Gasteiger partial charge in [-0.25, -0.2) is 0 Å². The number of benzene rings is 2. The van der Waals surface area contributed by atoms with E-state index < -0.39 is 12.3 Å². The van der Waals surface area contributed by atoms with Gasteiger partial charge in [-0.15, -0.1) is 0 Å². The van der Waals surface area contributed by atoms with E-state index in [4.69, 9.17) is 10.5 Å². The fourth-order valence-electron chi connectivity index (χ4n) is 4.15. The van der Waals surface area contributed by atoms with Gasteiger partial charge in [0.25, 0.3) is 12.4 Å². The lowest BCUT2D eigenvalue weighted by atomic mass is 10.00. The van der Waals surface area contributed by atoms with E-state index in [1.807, 2.05) is 54.6 Å². The van der Waals surface area contributed by atoms with Gasteiger partial charge >= 0.3 is 0 Å². The number of nitrogens with zero attached hydrogens (tertiary/aromatic N) is 3. The normalized spacial score (nSPS) is 20.3. The predicted molar refractivity (Wildman–Crippen MR) is 115 cm³/mol. The summed E-state index contributed by atoms with van der Waals surface area (Å²) in [6.45, 7) is 3.23. The summed E-state index contributed by atoms with van der Waals surface area (Å²) < 4.78 is 5.36. The van der Waals surface area contributed by atoms with Gasteiger partial charge in [-0.1, -0.05) is 48.5 Å². The first-order valence-corrected chi connectivity index (χ1v) is 10.3. The van der Waals surface area contributed by atoms with Crippen molar-refractivity contribution in [3.63, 3.8) is 0 Å². The first kappa shape index (κ1) is 20.3. The molecule has 1 saturated heterocycles. The number of amides is 1. The number of fused-ring (bicyclic) bond motifs is 1. The number of para-hydroxylation sites is 1. The van der Waals surface area contributed by atoms with E-state index >= 15 is 0 Å². The van der Waals surface area contributed by atoms with Crippen LogP contribution in [0, 0.1) is 0 Å². The lowest BCUT2D eigenvalue weighted by molar-refractivity contribution is -0.134. The van der Waals surface area contributed by atoms with Gasteiger partial charge in [0.2, 0.25) is 0 Å². The highest BCUT2D eigenvalue weighted by molar-refractivity contribution is 6.20. The second-order valence-electron chi connectivity index (χ2n) is 7.62. The molecule has 2 aromatic carbocycles. The average molecular weight is 406 g/mol. The van der Waals surface area contributed by atoms with Gasteiger partial charge in [-0.2, -0.15) is 0 Å². The van der Waals surface area contributed by atoms with Crippen LogP contribution in [-0.4, -0.2) is 61.4 Å². The van der Waals surface area contributed by atoms with Crippen LogP contribution in [0.25, 0.3) is 0 Å². The molecule has 0 bridgehead atoms. The van der Waals surface area contributed by atoms with Crippen LogP contribution in [0.4, 0.5) is 5.69 Å². The van der Waals surface area contributed by atoms with Gasteiger partial charge in [0.1, 0.15) is 6.10 Å². The Kier molecular flexibility index (Phi) is 6.21. The Morgan fingerprint density at radius 1 is 1.07 bits per heavy atom. The smallest absolute Gasteiger partial charge is 0.293 e. The highest BCUT2D eigenvalue weighted by atomic mass is 16.5. The molecule has 4 rings (SSSR count). The van der Waals surface area contributed by atoms with Crippen molar-refractivity contribution in [3.05, 3.63) is 65.7 Å².